The minimum atomic E-state index is -0.306. The Morgan fingerprint density at radius 2 is 1.42 bits per heavy atom. The minimum Gasteiger partial charge on any atom is -1.00 e. The van der Waals surface area contributed by atoms with Crippen LogP contribution in [0.5, 0.6) is 5.75 Å². The third-order valence-electron chi connectivity index (χ3n) is 7.04. The number of likely N-dealkylation sites (N-methyl/N-ethyl adjacent to an activating group) is 1. The standard InChI is InChI=1S/C27H42NO2.ClH/c1-8-9-20-28(6,7)26(2,3)27(4,5)29-22-25(21-23-16-12-10-13-17-23)30-24-18-14-11-15-19-24;/h10-19,25H,8-9,20-22H2,1-7H3;1H/q+1;/p-1. The van der Waals surface area contributed by atoms with Gasteiger partial charge in [-0.25, -0.2) is 0 Å². The Balaban J connectivity index is 0.00000480. The van der Waals surface area contributed by atoms with E-state index in [9.17, 15) is 0 Å². The van der Waals surface area contributed by atoms with Crippen molar-refractivity contribution in [3.8, 4) is 5.75 Å². The molecule has 1 unspecified atom stereocenters. The third-order valence-corrected chi connectivity index (χ3v) is 7.04. The van der Waals surface area contributed by atoms with Gasteiger partial charge < -0.3 is 26.4 Å². The molecule has 0 aliphatic rings. The van der Waals surface area contributed by atoms with E-state index in [1.54, 1.807) is 0 Å². The van der Waals surface area contributed by atoms with Gasteiger partial charge in [-0.05, 0) is 51.8 Å². The van der Waals surface area contributed by atoms with Crippen molar-refractivity contribution < 1.29 is 26.4 Å². The molecule has 0 aliphatic carbocycles. The van der Waals surface area contributed by atoms with E-state index >= 15 is 0 Å². The lowest BCUT2D eigenvalue weighted by Gasteiger charge is -2.52. The first-order chi connectivity index (χ1) is 14.1. The molecule has 0 bridgehead atoms. The van der Waals surface area contributed by atoms with Crippen molar-refractivity contribution in [1.29, 1.82) is 0 Å². The number of para-hydroxylation sites is 1. The van der Waals surface area contributed by atoms with Gasteiger partial charge >= 0.3 is 0 Å². The van der Waals surface area contributed by atoms with E-state index < -0.39 is 0 Å². The van der Waals surface area contributed by atoms with Gasteiger partial charge in [-0.1, -0.05) is 61.9 Å². The lowest BCUT2D eigenvalue weighted by atomic mass is 9.82. The van der Waals surface area contributed by atoms with Crippen molar-refractivity contribution in [3.63, 3.8) is 0 Å². The van der Waals surface area contributed by atoms with Crippen molar-refractivity contribution in [2.45, 2.75) is 71.1 Å². The number of hydrogen-bond donors (Lipinski definition) is 0. The maximum atomic E-state index is 6.63. The minimum absolute atomic E-state index is 0. The topological polar surface area (TPSA) is 18.5 Å². The Hall–Kier alpha value is -1.55. The van der Waals surface area contributed by atoms with Crippen LogP contribution in [0.4, 0.5) is 0 Å². The van der Waals surface area contributed by atoms with Gasteiger partial charge in [0.2, 0.25) is 0 Å². The van der Waals surface area contributed by atoms with Crippen LogP contribution in [0.1, 0.15) is 53.0 Å². The second-order valence-electron chi connectivity index (χ2n) is 9.89. The summed E-state index contributed by atoms with van der Waals surface area (Å²) in [7, 11) is 4.64. The summed E-state index contributed by atoms with van der Waals surface area (Å²) in [5.74, 6) is 0.887. The summed E-state index contributed by atoms with van der Waals surface area (Å²) in [6, 6.07) is 20.6. The highest BCUT2D eigenvalue weighted by atomic mass is 35.5. The number of halogens is 1. The number of hydrogen-bond acceptors (Lipinski definition) is 2. The molecule has 0 N–H and O–H groups in total. The van der Waals surface area contributed by atoms with Gasteiger partial charge in [0.05, 0.1) is 27.2 Å². The van der Waals surface area contributed by atoms with Crippen LogP contribution in [0.25, 0.3) is 0 Å². The number of quaternary nitrogens is 1. The van der Waals surface area contributed by atoms with Gasteiger partial charge in [-0.15, -0.1) is 0 Å². The van der Waals surface area contributed by atoms with E-state index in [1.165, 1.54) is 18.4 Å². The lowest BCUT2D eigenvalue weighted by Crippen LogP contribution is -3.00. The van der Waals surface area contributed by atoms with E-state index in [0.29, 0.717) is 6.61 Å². The number of benzene rings is 2. The Morgan fingerprint density at radius 3 is 1.97 bits per heavy atom. The number of unbranched alkanes of at least 4 members (excludes halogenated alkanes) is 1. The molecule has 174 valence electrons. The lowest BCUT2D eigenvalue weighted by molar-refractivity contribution is -0.945. The number of nitrogens with zero attached hydrogens (tertiary/aromatic N) is 1. The van der Waals surface area contributed by atoms with E-state index in [1.807, 2.05) is 30.3 Å². The van der Waals surface area contributed by atoms with Crippen LogP contribution in [0.3, 0.4) is 0 Å². The Morgan fingerprint density at radius 1 is 0.871 bits per heavy atom. The smallest absolute Gasteiger partial charge is 0.126 e. The molecule has 2 aromatic carbocycles. The normalized spacial score (nSPS) is 13.4. The summed E-state index contributed by atoms with van der Waals surface area (Å²) in [6.07, 6.45) is 3.21. The summed E-state index contributed by atoms with van der Waals surface area (Å²) in [5, 5.41) is 0. The molecule has 4 heteroatoms. The van der Waals surface area contributed by atoms with Gasteiger partial charge in [-0.3, -0.25) is 0 Å². The molecule has 0 heterocycles. The zero-order valence-corrected chi connectivity index (χ0v) is 21.3. The van der Waals surface area contributed by atoms with Gasteiger partial charge in [0.25, 0.3) is 0 Å². The van der Waals surface area contributed by atoms with Crippen LogP contribution in [-0.2, 0) is 11.2 Å². The number of rotatable bonds is 12. The van der Waals surface area contributed by atoms with Crippen LogP contribution in [0.2, 0.25) is 0 Å². The fourth-order valence-corrected chi connectivity index (χ4v) is 3.74. The Labute approximate surface area is 196 Å². The van der Waals surface area contributed by atoms with E-state index in [2.05, 4.69) is 79.0 Å². The molecular formula is C27H42ClNO2. The van der Waals surface area contributed by atoms with E-state index in [0.717, 1.165) is 23.2 Å². The van der Waals surface area contributed by atoms with Crippen molar-refractivity contribution in [2.75, 3.05) is 27.2 Å². The Bertz CT molecular complexity index is 703. The summed E-state index contributed by atoms with van der Waals surface area (Å²) in [5.41, 5.74) is 0.906. The second kappa shape index (κ2) is 11.9. The Kier molecular flexibility index (Phi) is 10.5. The van der Waals surface area contributed by atoms with Crippen LogP contribution in [0, 0.1) is 0 Å². The monoisotopic (exact) mass is 447 g/mol. The molecule has 0 spiro atoms. The van der Waals surface area contributed by atoms with Crippen LogP contribution >= 0.6 is 0 Å². The molecule has 2 aromatic rings. The fourth-order valence-electron chi connectivity index (χ4n) is 3.74. The first kappa shape index (κ1) is 27.5. The average Bonchev–Trinajstić information content (AvgIpc) is 2.72. The SMILES string of the molecule is CCCC[N+](C)(C)C(C)(C)C(C)(C)OCC(Cc1ccccc1)Oc1ccccc1.[Cl-]. The van der Waals surface area contributed by atoms with Gasteiger partial charge in [0.15, 0.2) is 0 Å². The van der Waals surface area contributed by atoms with Crippen LogP contribution in [0.15, 0.2) is 60.7 Å². The van der Waals surface area contributed by atoms with E-state index in [4.69, 9.17) is 9.47 Å². The summed E-state index contributed by atoms with van der Waals surface area (Å²) < 4.78 is 13.9. The maximum Gasteiger partial charge on any atom is 0.126 e. The number of ether oxygens (including phenoxy) is 2. The molecule has 0 aliphatic heterocycles. The molecule has 0 aromatic heterocycles. The molecule has 0 amide bonds. The molecule has 2 rings (SSSR count). The predicted molar refractivity (Wildman–Crippen MR) is 127 cm³/mol. The average molecular weight is 448 g/mol. The highest BCUT2D eigenvalue weighted by Crippen LogP contribution is 2.35. The molecule has 31 heavy (non-hydrogen) atoms. The second-order valence-corrected chi connectivity index (χ2v) is 9.89. The summed E-state index contributed by atoms with van der Waals surface area (Å²) in [4.78, 5) is 0. The van der Waals surface area contributed by atoms with Crippen molar-refractivity contribution in [2.24, 2.45) is 0 Å². The molecular weight excluding hydrogens is 406 g/mol. The zero-order valence-electron chi connectivity index (χ0n) is 20.5. The molecule has 0 saturated carbocycles. The maximum absolute atomic E-state index is 6.63. The van der Waals surface area contributed by atoms with Gasteiger partial charge in [-0.2, -0.15) is 0 Å². The molecule has 0 fully saturated rings. The van der Waals surface area contributed by atoms with Crippen LogP contribution in [-0.4, -0.2) is 49.0 Å². The fraction of sp³-hybridized carbons (Fsp3) is 0.556. The summed E-state index contributed by atoms with van der Waals surface area (Å²) >= 11 is 0. The van der Waals surface area contributed by atoms with Gasteiger partial charge in [0, 0.05) is 6.42 Å². The zero-order chi connectivity index (χ0) is 22.3. The molecule has 0 radical (unpaired) electrons. The first-order valence-corrected chi connectivity index (χ1v) is 11.3. The highest BCUT2D eigenvalue weighted by Gasteiger charge is 2.50. The molecule has 1 atom stereocenters. The quantitative estimate of drug-likeness (QED) is 0.465. The first-order valence-electron chi connectivity index (χ1n) is 11.3. The van der Waals surface area contributed by atoms with Crippen molar-refractivity contribution >= 4 is 0 Å². The van der Waals surface area contributed by atoms with Crippen molar-refractivity contribution in [3.05, 3.63) is 66.2 Å². The molecule has 0 saturated heterocycles. The molecule has 3 nitrogen and oxygen atoms in total. The highest BCUT2D eigenvalue weighted by molar-refractivity contribution is 5.22. The summed E-state index contributed by atoms with van der Waals surface area (Å²) in [6.45, 7) is 13.0. The van der Waals surface area contributed by atoms with Crippen molar-refractivity contribution in [1.82, 2.24) is 0 Å². The van der Waals surface area contributed by atoms with Gasteiger partial charge in [0.1, 0.15) is 23.0 Å². The largest absolute Gasteiger partial charge is 1.00 e. The predicted octanol–water partition coefficient (Wildman–Crippen LogP) is 3.13. The third kappa shape index (κ3) is 7.52. The van der Waals surface area contributed by atoms with Crippen LogP contribution < -0.4 is 17.1 Å². The van der Waals surface area contributed by atoms with E-state index in [-0.39, 0.29) is 29.7 Å².